The second-order valence-electron chi connectivity index (χ2n) is 4.58. The Hall–Kier alpha value is -1.55. The Morgan fingerprint density at radius 3 is 2.29 bits per heavy atom. The predicted molar refractivity (Wildman–Crippen MR) is 66.2 cm³/mol. The maximum Gasteiger partial charge on any atom is 0.251 e. The number of ether oxygens (including phenoxy) is 1. The zero-order valence-corrected chi connectivity index (χ0v) is 10.7. The van der Waals surface area contributed by atoms with Crippen molar-refractivity contribution in [2.24, 2.45) is 0 Å². The average molecular weight is 237 g/mol. The lowest BCUT2D eigenvalue weighted by molar-refractivity contribution is 0.0709. The molecule has 2 N–H and O–H groups in total. The number of hydrogen-bond donors (Lipinski definition) is 2. The van der Waals surface area contributed by atoms with Crippen LogP contribution in [0.3, 0.4) is 0 Å². The summed E-state index contributed by atoms with van der Waals surface area (Å²) in [7, 11) is 1.58. The molecule has 1 rings (SSSR count). The van der Waals surface area contributed by atoms with Gasteiger partial charge >= 0.3 is 0 Å². The molecule has 1 aromatic carbocycles. The van der Waals surface area contributed by atoms with Crippen molar-refractivity contribution < 1.29 is 14.6 Å². The highest BCUT2D eigenvalue weighted by Gasteiger charge is 2.26. The molecule has 0 fully saturated rings. The summed E-state index contributed by atoms with van der Waals surface area (Å²) >= 11 is 0. The molecule has 4 heteroatoms. The van der Waals surface area contributed by atoms with Crippen molar-refractivity contribution in [1.82, 2.24) is 5.32 Å². The molecule has 1 aromatic rings. The van der Waals surface area contributed by atoms with E-state index in [-0.39, 0.29) is 5.91 Å². The van der Waals surface area contributed by atoms with E-state index < -0.39 is 11.6 Å². The van der Waals surface area contributed by atoms with E-state index in [9.17, 15) is 9.90 Å². The number of carbonyl (C=O) groups is 1. The molecule has 17 heavy (non-hydrogen) atoms. The topological polar surface area (TPSA) is 58.6 Å². The Labute approximate surface area is 102 Å². The van der Waals surface area contributed by atoms with Crippen molar-refractivity contribution in [2.75, 3.05) is 7.11 Å². The molecule has 0 radical (unpaired) electrons. The molecule has 0 aliphatic rings. The smallest absolute Gasteiger partial charge is 0.251 e. The van der Waals surface area contributed by atoms with Crippen LogP contribution in [0.25, 0.3) is 0 Å². The number of aliphatic hydroxyl groups is 1. The molecule has 0 spiro atoms. The van der Waals surface area contributed by atoms with Gasteiger partial charge in [0.15, 0.2) is 0 Å². The molecule has 0 saturated heterocycles. The summed E-state index contributed by atoms with van der Waals surface area (Å²) in [6, 6.07) is 6.83. The molecule has 0 bridgehead atoms. The summed E-state index contributed by atoms with van der Waals surface area (Å²) in [4.78, 5) is 11.9. The lowest BCUT2D eigenvalue weighted by Gasteiger charge is -2.29. The quantitative estimate of drug-likeness (QED) is 0.836. The first-order chi connectivity index (χ1) is 7.86. The number of aliphatic hydroxyl groups excluding tert-OH is 1. The van der Waals surface area contributed by atoms with Crippen LogP contribution in [0.15, 0.2) is 24.3 Å². The summed E-state index contributed by atoms with van der Waals surface area (Å²) in [6.07, 6.45) is -0.621. The minimum Gasteiger partial charge on any atom is -0.497 e. The van der Waals surface area contributed by atoms with Crippen molar-refractivity contribution in [3.05, 3.63) is 29.8 Å². The molecule has 0 saturated carbocycles. The fraction of sp³-hybridized carbons (Fsp3) is 0.462. The van der Waals surface area contributed by atoms with Crippen LogP contribution in [0.1, 0.15) is 31.1 Å². The molecule has 94 valence electrons. The Bertz CT molecular complexity index is 382. The molecular weight excluding hydrogens is 218 g/mol. The van der Waals surface area contributed by atoms with Crippen LogP contribution in [0.2, 0.25) is 0 Å². The van der Waals surface area contributed by atoms with Gasteiger partial charge in [-0.3, -0.25) is 4.79 Å². The van der Waals surface area contributed by atoms with Crippen molar-refractivity contribution in [3.8, 4) is 5.75 Å². The van der Waals surface area contributed by atoms with E-state index in [0.717, 1.165) is 0 Å². The predicted octanol–water partition coefficient (Wildman–Crippen LogP) is 1.58. The van der Waals surface area contributed by atoms with Gasteiger partial charge in [0, 0.05) is 5.56 Å². The highest BCUT2D eigenvalue weighted by molar-refractivity contribution is 5.94. The van der Waals surface area contributed by atoms with Crippen LogP contribution in [-0.4, -0.2) is 29.8 Å². The van der Waals surface area contributed by atoms with E-state index in [1.807, 2.05) is 0 Å². The van der Waals surface area contributed by atoms with E-state index >= 15 is 0 Å². The van der Waals surface area contributed by atoms with Gasteiger partial charge in [-0.25, -0.2) is 0 Å². The van der Waals surface area contributed by atoms with E-state index in [4.69, 9.17) is 4.74 Å². The summed E-state index contributed by atoms with van der Waals surface area (Å²) in [5.74, 6) is 0.495. The number of methoxy groups -OCH3 is 1. The van der Waals surface area contributed by atoms with E-state index in [1.165, 1.54) is 0 Å². The van der Waals surface area contributed by atoms with E-state index in [1.54, 1.807) is 52.1 Å². The summed E-state index contributed by atoms with van der Waals surface area (Å²) in [6.45, 7) is 5.20. The summed E-state index contributed by atoms with van der Waals surface area (Å²) in [5, 5.41) is 12.3. The van der Waals surface area contributed by atoms with E-state index in [0.29, 0.717) is 11.3 Å². The van der Waals surface area contributed by atoms with Crippen LogP contribution in [-0.2, 0) is 0 Å². The minimum atomic E-state index is -0.656. The first kappa shape index (κ1) is 13.5. The first-order valence-corrected chi connectivity index (χ1v) is 5.51. The minimum absolute atomic E-state index is 0.210. The molecule has 4 nitrogen and oxygen atoms in total. The third-order valence-electron chi connectivity index (χ3n) is 2.83. The van der Waals surface area contributed by atoms with Gasteiger partial charge in [-0.2, -0.15) is 0 Å². The SMILES string of the molecule is COc1ccc(C(=O)NC(C)(C)C(C)O)cc1. The van der Waals surface area contributed by atoms with Gasteiger partial charge in [0.05, 0.1) is 18.8 Å². The van der Waals surface area contributed by atoms with Crippen molar-refractivity contribution >= 4 is 5.91 Å². The van der Waals surface area contributed by atoms with Crippen molar-refractivity contribution in [2.45, 2.75) is 32.4 Å². The Morgan fingerprint density at radius 1 is 1.35 bits per heavy atom. The normalized spacial score (nSPS) is 13.0. The summed E-state index contributed by atoms with van der Waals surface area (Å²) < 4.78 is 5.02. The average Bonchev–Trinajstić information content (AvgIpc) is 2.28. The van der Waals surface area contributed by atoms with Gasteiger partial charge in [0.25, 0.3) is 5.91 Å². The van der Waals surface area contributed by atoms with E-state index in [2.05, 4.69) is 5.32 Å². The van der Waals surface area contributed by atoms with Gasteiger partial charge in [-0.15, -0.1) is 0 Å². The molecule has 0 aliphatic carbocycles. The number of benzene rings is 1. The third-order valence-corrected chi connectivity index (χ3v) is 2.83. The second-order valence-corrected chi connectivity index (χ2v) is 4.58. The zero-order valence-electron chi connectivity index (χ0n) is 10.7. The van der Waals surface area contributed by atoms with Crippen LogP contribution in [0, 0.1) is 0 Å². The van der Waals surface area contributed by atoms with Gasteiger partial charge in [0.1, 0.15) is 5.75 Å². The van der Waals surface area contributed by atoms with Gasteiger partial charge < -0.3 is 15.2 Å². The zero-order chi connectivity index (χ0) is 13.1. The fourth-order valence-corrected chi connectivity index (χ4v) is 1.21. The number of carbonyl (C=O) groups excluding carboxylic acids is 1. The van der Waals surface area contributed by atoms with Crippen LogP contribution in [0.5, 0.6) is 5.75 Å². The number of nitrogens with one attached hydrogen (secondary N) is 1. The maximum atomic E-state index is 11.9. The maximum absolute atomic E-state index is 11.9. The van der Waals surface area contributed by atoms with Crippen molar-refractivity contribution in [1.29, 1.82) is 0 Å². The second kappa shape index (κ2) is 5.19. The molecule has 1 unspecified atom stereocenters. The Kier molecular flexibility index (Phi) is 4.12. The molecule has 1 amide bonds. The first-order valence-electron chi connectivity index (χ1n) is 5.51. The van der Waals surface area contributed by atoms with Crippen LogP contribution < -0.4 is 10.1 Å². The monoisotopic (exact) mass is 237 g/mol. The van der Waals surface area contributed by atoms with Crippen LogP contribution >= 0.6 is 0 Å². The van der Waals surface area contributed by atoms with Gasteiger partial charge in [-0.1, -0.05) is 0 Å². The fourth-order valence-electron chi connectivity index (χ4n) is 1.21. The molecule has 0 aliphatic heterocycles. The van der Waals surface area contributed by atoms with Gasteiger partial charge in [0.2, 0.25) is 0 Å². The molecule has 0 heterocycles. The lowest BCUT2D eigenvalue weighted by atomic mass is 9.98. The summed E-state index contributed by atoms with van der Waals surface area (Å²) in [5.41, 5.74) is -0.115. The van der Waals surface area contributed by atoms with Crippen molar-refractivity contribution in [3.63, 3.8) is 0 Å². The molecule has 0 aromatic heterocycles. The molecular formula is C13H19NO3. The standard InChI is InChI=1S/C13H19NO3/c1-9(15)13(2,3)14-12(16)10-5-7-11(17-4)8-6-10/h5-9,15H,1-4H3,(H,14,16). The lowest BCUT2D eigenvalue weighted by Crippen LogP contribution is -2.50. The van der Waals surface area contributed by atoms with Gasteiger partial charge in [-0.05, 0) is 45.0 Å². The number of hydrogen-bond acceptors (Lipinski definition) is 3. The highest BCUT2D eigenvalue weighted by atomic mass is 16.5. The highest BCUT2D eigenvalue weighted by Crippen LogP contribution is 2.13. The number of amides is 1. The Morgan fingerprint density at radius 2 is 1.88 bits per heavy atom. The largest absolute Gasteiger partial charge is 0.497 e. The number of rotatable bonds is 4. The third kappa shape index (κ3) is 3.46. The van der Waals surface area contributed by atoms with Crippen LogP contribution in [0.4, 0.5) is 0 Å². The molecule has 1 atom stereocenters. The Balaban J connectivity index is 2.76.